The molecular weight excluding hydrogens is 703 g/mol. The van der Waals surface area contributed by atoms with E-state index < -0.39 is 0 Å². The van der Waals surface area contributed by atoms with Crippen LogP contribution in [0.5, 0.6) is 11.5 Å². The van der Waals surface area contributed by atoms with E-state index in [1.807, 2.05) is 109 Å². The first-order chi connectivity index (χ1) is 26.9. The molecule has 2 aromatic rings. The van der Waals surface area contributed by atoms with E-state index in [0.29, 0.717) is 12.0 Å². The minimum absolute atomic E-state index is 0. The Bertz CT molecular complexity index is 2170. The number of aldehydes is 1. The van der Waals surface area contributed by atoms with Gasteiger partial charge in [-0.15, -0.1) is 0 Å². The summed E-state index contributed by atoms with van der Waals surface area (Å²) < 4.78 is 10.3. The van der Waals surface area contributed by atoms with E-state index in [0.717, 1.165) is 73.7 Å². The molecule has 1 fully saturated rings. The minimum Gasteiger partial charge on any atom is -0.497 e. The third-order valence-electron chi connectivity index (χ3n) is 8.98. The molecule has 0 atom stereocenters. The van der Waals surface area contributed by atoms with Crippen molar-refractivity contribution in [3.05, 3.63) is 144 Å². The van der Waals surface area contributed by atoms with Crippen molar-refractivity contribution in [2.45, 2.75) is 33.6 Å². The molecule has 0 radical (unpaired) electrons. The van der Waals surface area contributed by atoms with Crippen LogP contribution in [0.25, 0.3) is 33.9 Å². The fraction of sp³-hybridized carbons (Fsp3) is 0.213. The van der Waals surface area contributed by atoms with Crippen LogP contribution in [-0.2, 0) is 16.0 Å². The van der Waals surface area contributed by atoms with Gasteiger partial charge in [0.05, 0.1) is 20.6 Å². The number of nitrogens with one attached hydrogen (secondary N) is 3. The molecule has 9 nitrogen and oxygen atoms in total. The van der Waals surface area contributed by atoms with Crippen LogP contribution in [0.1, 0.15) is 54.2 Å². The number of hydrogen-bond donors (Lipinski definition) is 4. The van der Waals surface area contributed by atoms with Crippen LogP contribution < -0.4 is 25.4 Å². The summed E-state index contributed by atoms with van der Waals surface area (Å²) in [4.78, 5) is 33.9. The lowest BCUT2D eigenvalue weighted by Gasteiger charge is -2.03. The number of fused-ring (bicyclic) bond motifs is 4. The smallest absolute Gasteiger partial charge is 0.256 e. The van der Waals surface area contributed by atoms with Gasteiger partial charge in [0, 0.05) is 34.7 Å². The number of aliphatic hydroxyl groups excluding tert-OH is 1. The van der Waals surface area contributed by atoms with Gasteiger partial charge in [0.1, 0.15) is 11.5 Å². The predicted octanol–water partition coefficient (Wildman–Crippen LogP) is 9.09. The first kappa shape index (κ1) is 42.5. The Kier molecular flexibility index (Phi) is 16.3. The highest BCUT2D eigenvalue weighted by Gasteiger charge is 2.25. The number of methoxy groups -OCH3 is 2. The fourth-order valence-corrected chi connectivity index (χ4v) is 6.26. The van der Waals surface area contributed by atoms with Gasteiger partial charge in [0.2, 0.25) is 5.91 Å². The monoisotopic (exact) mass is 753 g/mol. The van der Waals surface area contributed by atoms with Gasteiger partial charge in [-0.05, 0) is 109 Å². The Hall–Kier alpha value is -6.29. The second-order valence-corrected chi connectivity index (χ2v) is 12.7. The molecule has 0 unspecified atom stereocenters. The van der Waals surface area contributed by atoms with Gasteiger partial charge >= 0.3 is 0 Å². The molecule has 3 aliphatic heterocycles. The molecule has 290 valence electrons. The Balaban J connectivity index is 0.000000179. The van der Waals surface area contributed by atoms with Crippen LogP contribution >= 0.6 is 0 Å². The second-order valence-electron chi connectivity index (χ2n) is 12.7. The highest BCUT2D eigenvalue weighted by molar-refractivity contribution is 6.35. The summed E-state index contributed by atoms with van der Waals surface area (Å²) >= 11 is 0. The van der Waals surface area contributed by atoms with E-state index in [1.165, 1.54) is 25.9 Å². The van der Waals surface area contributed by atoms with Crippen molar-refractivity contribution in [2.24, 2.45) is 0 Å². The summed E-state index contributed by atoms with van der Waals surface area (Å²) in [5.74, 6) is 1.51. The SMILES string of the molecule is C.C1CCNC1.CCO.COc1ccc2c(c1)/C(=C/c1ccc3cccccc1-3)C(=O)N2.COc1ccc2c(c1)CC(=O)N2.O=Cc1ccc2cccccc1-2. The first-order valence-electron chi connectivity index (χ1n) is 18.3. The van der Waals surface area contributed by atoms with Gasteiger partial charge in [-0.2, -0.15) is 0 Å². The van der Waals surface area contributed by atoms with Crippen LogP contribution in [0.2, 0.25) is 0 Å². The number of carbonyl (C=O) groups is 3. The highest BCUT2D eigenvalue weighted by Crippen LogP contribution is 2.38. The summed E-state index contributed by atoms with van der Waals surface area (Å²) in [6.07, 6.45) is 6.08. The topological polar surface area (TPSA) is 126 Å². The van der Waals surface area contributed by atoms with Crippen molar-refractivity contribution in [3.8, 4) is 33.8 Å². The number of rotatable bonds is 4. The van der Waals surface area contributed by atoms with Gasteiger partial charge in [0.15, 0.2) is 6.29 Å². The zero-order chi connectivity index (χ0) is 39.0. The van der Waals surface area contributed by atoms with Gasteiger partial charge < -0.3 is 30.5 Å². The quantitative estimate of drug-likeness (QED) is 0.105. The van der Waals surface area contributed by atoms with E-state index in [2.05, 4.69) is 34.1 Å². The molecule has 9 heteroatoms. The van der Waals surface area contributed by atoms with Gasteiger partial charge in [-0.1, -0.05) is 92.4 Å². The van der Waals surface area contributed by atoms with Crippen LogP contribution in [0.3, 0.4) is 0 Å². The maximum Gasteiger partial charge on any atom is 0.256 e. The van der Waals surface area contributed by atoms with E-state index in [4.69, 9.17) is 14.6 Å². The van der Waals surface area contributed by atoms with Crippen LogP contribution in [0.15, 0.2) is 121 Å². The molecule has 3 heterocycles. The van der Waals surface area contributed by atoms with Crippen LogP contribution in [0.4, 0.5) is 11.4 Å². The number of ether oxygens (including phenoxy) is 2. The van der Waals surface area contributed by atoms with Crippen LogP contribution in [-0.4, -0.2) is 57.1 Å². The van der Waals surface area contributed by atoms with E-state index in [1.54, 1.807) is 21.1 Å². The largest absolute Gasteiger partial charge is 0.497 e. The predicted molar refractivity (Wildman–Crippen MR) is 228 cm³/mol. The Morgan fingerprint density at radius 2 is 1.21 bits per heavy atom. The second kappa shape index (κ2) is 21.6. The van der Waals surface area contributed by atoms with E-state index >= 15 is 0 Å². The molecule has 0 saturated carbocycles. The Labute approximate surface area is 330 Å². The first-order valence-corrected chi connectivity index (χ1v) is 18.3. The number of hydrogen-bond acceptors (Lipinski definition) is 7. The average Bonchev–Trinajstić information content (AvgIpc) is 4.03. The zero-order valence-electron chi connectivity index (χ0n) is 31.4. The van der Waals surface area contributed by atoms with Crippen molar-refractivity contribution in [1.82, 2.24) is 5.32 Å². The number of carbonyl (C=O) groups excluding carboxylic acids is 3. The van der Waals surface area contributed by atoms with Crippen molar-refractivity contribution in [2.75, 3.05) is 44.5 Å². The highest BCUT2D eigenvalue weighted by atomic mass is 16.5. The van der Waals surface area contributed by atoms with E-state index in [9.17, 15) is 14.4 Å². The lowest BCUT2D eigenvalue weighted by molar-refractivity contribution is -0.115. The summed E-state index contributed by atoms with van der Waals surface area (Å²) in [6, 6.07) is 39.1. The van der Waals surface area contributed by atoms with Gasteiger partial charge in [-0.25, -0.2) is 0 Å². The van der Waals surface area contributed by atoms with Crippen molar-refractivity contribution in [3.63, 3.8) is 0 Å². The maximum absolute atomic E-state index is 12.3. The summed E-state index contributed by atoms with van der Waals surface area (Å²) in [5, 5.41) is 16.4. The molecule has 0 aromatic heterocycles. The summed E-state index contributed by atoms with van der Waals surface area (Å²) in [6.45, 7) is 4.43. The Morgan fingerprint density at radius 3 is 1.79 bits per heavy atom. The normalized spacial score (nSPS) is 13.7. The minimum atomic E-state index is -0.0806. The number of benzene rings is 2. The summed E-state index contributed by atoms with van der Waals surface area (Å²) in [7, 11) is 3.24. The maximum atomic E-state index is 12.3. The standard InChI is InChI=1S/C20H15NO2.C11H8O.C9H9NO2.C4H9N.C2H6O.CH4/c1-23-15-9-10-19-17(12-15)18(20(22)21-19)11-14-8-7-13-5-3-2-4-6-16(13)14;12-8-10-7-6-9-4-2-1-3-5-11(9)10;1-12-7-2-3-8-6(4-7)5-9(11)10-8;1-2-4-5-3-1;1-2-3;/h2-12H,1H3,(H,21,22);1-8H;2-4H,5H2,1H3,(H,10,11);5H,1-4H2;3H,2H2,1H3;1H4/b18-11-;;;;;. The van der Waals surface area contributed by atoms with Gasteiger partial charge in [0.25, 0.3) is 5.91 Å². The molecule has 0 bridgehead atoms. The molecule has 9 rings (SSSR count). The number of aliphatic hydroxyl groups is 1. The third kappa shape index (κ3) is 11.1. The molecular formula is C47H51N3O6. The van der Waals surface area contributed by atoms with E-state index in [-0.39, 0.29) is 25.8 Å². The molecule has 56 heavy (non-hydrogen) atoms. The van der Waals surface area contributed by atoms with Crippen molar-refractivity contribution in [1.29, 1.82) is 0 Å². The Morgan fingerprint density at radius 1 is 0.661 bits per heavy atom. The van der Waals surface area contributed by atoms with Crippen molar-refractivity contribution >= 4 is 41.1 Å². The lowest BCUT2D eigenvalue weighted by atomic mass is 10.0. The molecule has 7 aliphatic rings. The fourth-order valence-electron chi connectivity index (χ4n) is 6.26. The number of amides is 2. The zero-order valence-corrected chi connectivity index (χ0v) is 31.4. The van der Waals surface area contributed by atoms with Gasteiger partial charge in [-0.3, -0.25) is 14.4 Å². The molecule has 2 amide bonds. The lowest BCUT2D eigenvalue weighted by Crippen LogP contribution is -2.03. The molecule has 4 aliphatic carbocycles. The molecule has 4 N–H and O–H groups in total. The van der Waals surface area contributed by atoms with Crippen molar-refractivity contribution < 1.29 is 29.0 Å². The molecule has 2 aromatic carbocycles. The average molecular weight is 754 g/mol. The molecule has 1 saturated heterocycles. The molecule has 0 spiro atoms. The van der Waals surface area contributed by atoms with Crippen LogP contribution in [0, 0.1) is 0 Å². The summed E-state index contributed by atoms with van der Waals surface area (Å²) in [5.41, 5.74) is 10.5. The number of anilines is 2. The third-order valence-corrected chi connectivity index (χ3v) is 8.98.